The van der Waals surface area contributed by atoms with Gasteiger partial charge in [0.1, 0.15) is 0 Å². The summed E-state index contributed by atoms with van der Waals surface area (Å²) in [6.45, 7) is 1.93. The van der Waals surface area contributed by atoms with Crippen LogP contribution in [0.15, 0.2) is 0 Å². The number of carboxylic acid groups (broad SMARTS) is 1. The van der Waals surface area contributed by atoms with Gasteiger partial charge in [-0.15, -0.1) is 0 Å². The third-order valence-corrected chi connectivity index (χ3v) is 3.15. The van der Waals surface area contributed by atoms with Gasteiger partial charge in [-0.2, -0.15) is 0 Å². The highest BCUT2D eigenvalue weighted by molar-refractivity contribution is 5.70. The highest BCUT2D eigenvalue weighted by atomic mass is 16.4. The molecule has 0 aromatic heterocycles. The Kier molecular flexibility index (Phi) is 3.72. The molecule has 0 aromatic carbocycles. The van der Waals surface area contributed by atoms with E-state index in [-0.39, 0.29) is 17.9 Å². The van der Waals surface area contributed by atoms with Crippen LogP contribution in [0, 0.1) is 11.8 Å². The minimum absolute atomic E-state index is 0.106. The second kappa shape index (κ2) is 4.61. The zero-order chi connectivity index (χ0) is 9.84. The zero-order valence-corrected chi connectivity index (χ0v) is 8.20. The Bertz CT molecular complexity index is 182. The fourth-order valence-electron chi connectivity index (χ4n) is 2.35. The number of carbonyl (C=O) groups is 1. The van der Waals surface area contributed by atoms with Gasteiger partial charge >= 0.3 is 5.97 Å². The predicted molar refractivity (Wildman–Crippen MR) is 51.4 cm³/mol. The minimum Gasteiger partial charge on any atom is -0.481 e. The topological polar surface area (TPSA) is 63.3 Å². The number of hydrogen-bond donors (Lipinski definition) is 2. The molecule has 0 heterocycles. The van der Waals surface area contributed by atoms with Gasteiger partial charge in [0, 0.05) is 6.04 Å². The quantitative estimate of drug-likeness (QED) is 0.702. The summed E-state index contributed by atoms with van der Waals surface area (Å²) in [5.41, 5.74) is 5.93. The molecule has 76 valence electrons. The normalized spacial score (nSPS) is 31.2. The highest BCUT2D eigenvalue weighted by Gasteiger charge is 2.32. The van der Waals surface area contributed by atoms with Crippen molar-refractivity contribution in [2.45, 2.75) is 45.1 Å². The molecule has 0 amide bonds. The van der Waals surface area contributed by atoms with E-state index in [9.17, 15) is 4.79 Å². The Labute approximate surface area is 79.3 Å². The van der Waals surface area contributed by atoms with Gasteiger partial charge in [-0.25, -0.2) is 0 Å². The van der Waals surface area contributed by atoms with Gasteiger partial charge in [-0.05, 0) is 25.2 Å². The molecule has 1 rings (SSSR count). The molecule has 1 saturated carbocycles. The van der Waals surface area contributed by atoms with Crippen molar-refractivity contribution < 1.29 is 9.90 Å². The first-order valence-corrected chi connectivity index (χ1v) is 5.15. The lowest BCUT2D eigenvalue weighted by atomic mass is 9.76. The number of rotatable bonds is 3. The minimum atomic E-state index is -0.676. The highest BCUT2D eigenvalue weighted by Crippen LogP contribution is 2.31. The van der Waals surface area contributed by atoms with Crippen LogP contribution in [0.4, 0.5) is 0 Å². The van der Waals surface area contributed by atoms with Gasteiger partial charge in [-0.1, -0.05) is 19.8 Å². The Hall–Kier alpha value is -0.570. The first-order valence-electron chi connectivity index (χ1n) is 5.15. The SMILES string of the molecule is CC[C@@H](C(=O)O)[C@H]1CCCC[C@H]1N. The summed E-state index contributed by atoms with van der Waals surface area (Å²) < 4.78 is 0. The van der Waals surface area contributed by atoms with Crippen molar-refractivity contribution in [3.63, 3.8) is 0 Å². The first-order chi connectivity index (χ1) is 6.16. The molecule has 3 heteroatoms. The molecule has 0 radical (unpaired) electrons. The van der Waals surface area contributed by atoms with Crippen molar-refractivity contribution >= 4 is 5.97 Å². The maximum atomic E-state index is 10.9. The summed E-state index contributed by atoms with van der Waals surface area (Å²) >= 11 is 0. The van der Waals surface area contributed by atoms with Crippen LogP contribution in [-0.4, -0.2) is 17.1 Å². The smallest absolute Gasteiger partial charge is 0.306 e. The van der Waals surface area contributed by atoms with E-state index < -0.39 is 5.97 Å². The lowest BCUT2D eigenvalue weighted by molar-refractivity contribution is -0.144. The molecular formula is C10H19NO2. The van der Waals surface area contributed by atoms with Crippen LogP contribution in [0.2, 0.25) is 0 Å². The molecule has 1 fully saturated rings. The van der Waals surface area contributed by atoms with Crippen LogP contribution in [0.3, 0.4) is 0 Å². The van der Waals surface area contributed by atoms with E-state index in [1.165, 1.54) is 0 Å². The maximum absolute atomic E-state index is 10.9. The standard InChI is InChI=1S/C10H19NO2/c1-2-7(10(12)13)8-5-3-4-6-9(8)11/h7-9H,2-6,11H2,1H3,(H,12,13)/t7-,8-,9-/m1/s1. The maximum Gasteiger partial charge on any atom is 0.306 e. The van der Waals surface area contributed by atoms with Crippen molar-refractivity contribution in [1.29, 1.82) is 0 Å². The molecule has 0 saturated heterocycles. The van der Waals surface area contributed by atoms with E-state index in [4.69, 9.17) is 10.8 Å². The third kappa shape index (κ3) is 2.44. The van der Waals surface area contributed by atoms with Crippen molar-refractivity contribution in [2.75, 3.05) is 0 Å². The van der Waals surface area contributed by atoms with Crippen LogP contribution >= 0.6 is 0 Å². The van der Waals surface area contributed by atoms with Gasteiger partial charge in [0.2, 0.25) is 0 Å². The molecule has 1 aliphatic rings. The third-order valence-electron chi connectivity index (χ3n) is 3.15. The largest absolute Gasteiger partial charge is 0.481 e. The van der Waals surface area contributed by atoms with Crippen LogP contribution in [0.1, 0.15) is 39.0 Å². The summed E-state index contributed by atoms with van der Waals surface area (Å²) in [6.07, 6.45) is 4.99. The van der Waals surface area contributed by atoms with Gasteiger partial charge in [0.15, 0.2) is 0 Å². The molecule has 3 N–H and O–H groups in total. The molecule has 1 aliphatic carbocycles. The van der Waals surface area contributed by atoms with Crippen LogP contribution in [-0.2, 0) is 4.79 Å². The van der Waals surface area contributed by atoms with Crippen LogP contribution in [0.5, 0.6) is 0 Å². The molecular weight excluding hydrogens is 166 g/mol. The van der Waals surface area contributed by atoms with E-state index in [2.05, 4.69) is 0 Å². The monoisotopic (exact) mass is 185 g/mol. The second-order valence-electron chi connectivity index (χ2n) is 3.97. The van der Waals surface area contributed by atoms with Gasteiger partial charge < -0.3 is 10.8 Å². The number of aliphatic carboxylic acids is 1. The molecule has 0 aliphatic heterocycles. The average molecular weight is 185 g/mol. The Morgan fingerprint density at radius 3 is 2.62 bits per heavy atom. The van der Waals surface area contributed by atoms with Crippen LogP contribution < -0.4 is 5.73 Å². The van der Waals surface area contributed by atoms with Crippen molar-refractivity contribution in [3.8, 4) is 0 Å². The molecule has 13 heavy (non-hydrogen) atoms. The fraction of sp³-hybridized carbons (Fsp3) is 0.900. The fourth-order valence-corrected chi connectivity index (χ4v) is 2.35. The van der Waals surface area contributed by atoms with E-state index in [0.29, 0.717) is 6.42 Å². The second-order valence-corrected chi connectivity index (χ2v) is 3.97. The number of carboxylic acids is 1. The average Bonchev–Trinajstić information content (AvgIpc) is 2.09. The molecule has 0 spiro atoms. The summed E-state index contributed by atoms with van der Waals surface area (Å²) in [6, 6.07) is 0.106. The molecule has 0 bridgehead atoms. The van der Waals surface area contributed by atoms with Crippen molar-refractivity contribution in [2.24, 2.45) is 17.6 Å². The Morgan fingerprint density at radius 1 is 1.54 bits per heavy atom. The molecule has 0 unspecified atom stereocenters. The molecule has 0 aromatic rings. The predicted octanol–water partition coefficient (Wildman–Crippen LogP) is 1.61. The van der Waals surface area contributed by atoms with Gasteiger partial charge in [-0.3, -0.25) is 4.79 Å². The summed E-state index contributed by atoms with van der Waals surface area (Å²) in [5, 5.41) is 8.99. The summed E-state index contributed by atoms with van der Waals surface area (Å²) in [4.78, 5) is 10.9. The van der Waals surface area contributed by atoms with E-state index in [0.717, 1.165) is 25.7 Å². The van der Waals surface area contributed by atoms with E-state index in [1.807, 2.05) is 6.92 Å². The Balaban J connectivity index is 2.60. The summed E-state index contributed by atoms with van der Waals surface area (Å²) in [5.74, 6) is -0.698. The molecule has 3 atom stereocenters. The van der Waals surface area contributed by atoms with Gasteiger partial charge in [0.25, 0.3) is 0 Å². The number of nitrogens with two attached hydrogens (primary N) is 1. The summed E-state index contributed by atoms with van der Waals surface area (Å²) in [7, 11) is 0. The first kappa shape index (κ1) is 10.5. The lowest BCUT2D eigenvalue weighted by Gasteiger charge is -2.32. The Morgan fingerprint density at radius 2 is 2.15 bits per heavy atom. The number of hydrogen-bond acceptors (Lipinski definition) is 2. The van der Waals surface area contributed by atoms with Crippen LogP contribution in [0.25, 0.3) is 0 Å². The van der Waals surface area contributed by atoms with E-state index >= 15 is 0 Å². The zero-order valence-electron chi connectivity index (χ0n) is 8.20. The van der Waals surface area contributed by atoms with E-state index in [1.54, 1.807) is 0 Å². The lowest BCUT2D eigenvalue weighted by Crippen LogP contribution is -2.40. The van der Waals surface area contributed by atoms with Crippen molar-refractivity contribution in [1.82, 2.24) is 0 Å². The molecule has 3 nitrogen and oxygen atoms in total. The van der Waals surface area contributed by atoms with Gasteiger partial charge in [0.05, 0.1) is 5.92 Å². The van der Waals surface area contributed by atoms with Crippen molar-refractivity contribution in [3.05, 3.63) is 0 Å².